The van der Waals surface area contributed by atoms with Crippen molar-refractivity contribution >= 4 is 6.09 Å². The molecule has 0 aromatic heterocycles. The van der Waals surface area contributed by atoms with Crippen LogP contribution in [0.15, 0.2) is 0 Å². The van der Waals surface area contributed by atoms with Crippen molar-refractivity contribution in [2.45, 2.75) is 51.0 Å². The Morgan fingerprint density at radius 1 is 1.26 bits per heavy atom. The summed E-state index contributed by atoms with van der Waals surface area (Å²) in [6.07, 6.45) is 9.91. The fourth-order valence-electron chi connectivity index (χ4n) is 2.80. The molecule has 2 aliphatic rings. The zero-order valence-electron chi connectivity index (χ0n) is 12.2. The maximum atomic E-state index is 10.2. The van der Waals surface area contributed by atoms with Crippen molar-refractivity contribution in [2.24, 2.45) is 5.73 Å². The summed E-state index contributed by atoms with van der Waals surface area (Å²) in [5.74, 6) is 0. The molecular weight excluding hydrogens is 242 g/mol. The SMILES string of the molecule is C1CCC(N2CCCC2)CC1.COC(=O)NCCN.[HH]. The number of nitrogens with one attached hydrogen (secondary N) is 1. The van der Waals surface area contributed by atoms with Gasteiger partial charge in [0.05, 0.1) is 7.11 Å². The van der Waals surface area contributed by atoms with Gasteiger partial charge in [0, 0.05) is 20.6 Å². The highest BCUT2D eigenvalue weighted by Gasteiger charge is 2.22. The fraction of sp³-hybridized carbons (Fsp3) is 0.929. The van der Waals surface area contributed by atoms with Crippen molar-refractivity contribution in [2.75, 3.05) is 33.3 Å². The van der Waals surface area contributed by atoms with E-state index in [1.54, 1.807) is 0 Å². The van der Waals surface area contributed by atoms with Gasteiger partial charge in [0.2, 0.25) is 0 Å². The van der Waals surface area contributed by atoms with Crippen molar-refractivity contribution < 1.29 is 11.0 Å². The molecule has 1 saturated carbocycles. The van der Waals surface area contributed by atoms with Gasteiger partial charge in [-0.15, -0.1) is 0 Å². The van der Waals surface area contributed by atoms with Crippen LogP contribution in [0.3, 0.4) is 0 Å². The molecule has 2 fully saturated rings. The standard InChI is InChI=1S/C10H19N.C4H10N2O2.H2/c1-2-6-10(7-3-1)11-8-4-5-9-11;1-8-4(7)6-3-2-5;/h10H,1-9H2;2-3,5H2,1H3,(H,6,7);1H. The molecule has 1 aliphatic heterocycles. The average Bonchev–Trinajstić information content (AvgIpc) is 3.00. The molecule has 1 saturated heterocycles. The van der Waals surface area contributed by atoms with E-state index in [0.29, 0.717) is 13.1 Å². The Morgan fingerprint density at radius 3 is 2.42 bits per heavy atom. The molecule has 0 bridgehead atoms. The minimum Gasteiger partial charge on any atom is -0.453 e. The van der Waals surface area contributed by atoms with E-state index in [9.17, 15) is 4.79 Å². The van der Waals surface area contributed by atoms with Gasteiger partial charge in [-0.25, -0.2) is 4.79 Å². The zero-order valence-corrected chi connectivity index (χ0v) is 12.2. The van der Waals surface area contributed by atoms with Crippen molar-refractivity contribution in [1.29, 1.82) is 0 Å². The van der Waals surface area contributed by atoms with E-state index in [-0.39, 0.29) is 1.43 Å². The van der Waals surface area contributed by atoms with E-state index in [2.05, 4.69) is 15.0 Å². The summed E-state index contributed by atoms with van der Waals surface area (Å²) >= 11 is 0. The van der Waals surface area contributed by atoms with Crippen molar-refractivity contribution in [3.8, 4) is 0 Å². The van der Waals surface area contributed by atoms with Crippen LogP contribution in [-0.4, -0.2) is 50.3 Å². The van der Waals surface area contributed by atoms with E-state index in [0.717, 1.165) is 6.04 Å². The van der Waals surface area contributed by atoms with Crippen LogP contribution in [0.1, 0.15) is 46.4 Å². The van der Waals surface area contributed by atoms with Gasteiger partial charge in [-0.3, -0.25) is 0 Å². The van der Waals surface area contributed by atoms with Crippen molar-refractivity contribution in [1.82, 2.24) is 10.2 Å². The predicted molar refractivity (Wildman–Crippen MR) is 79.3 cm³/mol. The van der Waals surface area contributed by atoms with Gasteiger partial charge in [-0.2, -0.15) is 0 Å². The topological polar surface area (TPSA) is 67.6 Å². The van der Waals surface area contributed by atoms with Crippen LogP contribution in [0.5, 0.6) is 0 Å². The lowest BCUT2D eigenvalue weighted by Gasteiger charge is -2.30. The molecule has 1 amide bonds. The molecule has 2 rings (SSSR count). The second-order valence-electron chi connectivity index (χ2n) is 5.24. The second-order valence-corrected chi connectivity index (χ2v) is 5.24. The Hall–Kier alpha value is -0.810. The minimum absolute atomic E-state index is 0. The molecule has 1 heterocycles. The Kier molecular flexibility index (Phi) is 8.58. The number of carbonyl (C=O) groups is 1. The van der Waals surface area contributed by atoms with Crippen LogP contribution in [-0.2, 0) is 4.74 Å². The summed E-state index contributed by atoms with van der Waals surface area (Å²) in [7, 11) is 1.31. The Balaban J connectivity index is 0.000000364. The lowest BCUT2D eigenvalue weighted by atomic mass is 9.94. The third-order valence-corrected chi connectivity index (χ3v) is 3.83. The molecule has 0 radical (unpaired) electrons. The first kappa shape index (κ1) is 16.2. The van der Waals surface area contributed by atoms with E-state index >= 15 is 0 Å². The number of carbonyl (C=O) groups excluding carboxylic acids is 1. The van der Waals surface area contributed by atoms with Crippen LogP contribution in [0, 0.1) is 0 Å². The first-order valence-corrected chi connectivity index (χ1v) is 7.54. The summed E-state index contributed by atoms with van der Waals surface area (Å²) in [6, 6.07) is 0.978. The molecule has 0 aromatic rings. The monoisotopic (exact) mass is 273 g/mol. The second kappa shape index (κ2) is 10.0. The highest BCUT2D eigenvalue weighted by atomic mass is 16.5. The molecule has 5 heteroatoms. The third-order valence-electron chi connectivity index (χ3n) is 3.83. The molecule has 0 aromatic carbocycles. The molecule has 0 atom stereocenters. The summed E-state index contributed by atoms with van der Waals surface area (Å²) < 4.78 is 4.25. The average molecular weight is 273 g/mol. The number of nitrogens with zero attached hydrogens (tertiary/aromatic N) is 1. The number of hydrogen-bond acceptors (Lipinski definition) is 4. The number of hydrogen-bond donors (Lipinski definition) is 2. The predicted octanol–water partition coefficient (Wildman–Crippen LogP) is 1.96. The summed E-state index contributed by atoms with van der Waals surface area (Å²) in [5, 5.41) is 2.40. The highest BCUT2D eigenvalue weighted by Crippen LogP contribution is 2.25. The number of likely N-dealkylation sites (tertiary alicyclic amines) is 1. The molecule has 1 aliphatic carbocycles. The van der Waals surface area contributed by atoms with Gasteiger partial charge in [0.25, 0.3) is 0 Å². The van der Waals surface area contributed by atoms with E-state index < -0.39 is 6.09 Å². The van der Waals surface area contributed by atoms with Crippen LogP contribution in [0.4, 0.5) is 4.79 Å². The lowest BCUT2D eigenvalue weighted by molar-refractivity contribution is 0.171. The van der Waals surface area contributed by atoms with Gasteiger partial charge in [-0.1, -0.05) is 19.3 Å². The Morgan fingerprint density at radius 2 is 1.89 bits per heavy atom. The maximum Gasteiger partial charge on any atom is 0.406 e. The first-order chi connectivity index (χ1) is 9.27. The molecule has 19 heavy (non-hydrogen) atoms. The van der Waals surface area contributed by atoms with E-state index in [4.69, 9.17) is 5.73 Å². The van der Waals surface area contributed by atoms with Crippen LogP contribution >= 0.6 is 0 Å². The molecular formula is C14H31N3O2. The molecule has 0 spiro atoms. The molecule has 3 N–H and O–H groups in total. The van der Waals surface area contributed by atoms with Crippen LogP contribution in [0.2, 0.25) is 0 Å². The van der Waals surface area contributed by atoms with Gasteiger partial charge in [-0.05, 0) is 38.8 Å². The van der Waals surface area contributed by atoms with Gasteiger partial charge in [0.1, 0.15) is 0 Å². The van der Waals surface area contributed by atoms with Crippen LogP contribution in [0.25, 0.3) is 0 Å². The van der Waals surface area contributed by atoms with E-state index in [1.807, 2.05) is 0 Å². The van der Waals surface area contributed by atoms with Crippen molar-refractivity contribution in [3.63, 3.8) is 0 Å². The summed E-state index contributed by atoms with van der Waals surface area (Å²) in [6.45, 7) is 3.69. The number of alkyl carbamates (subject to hydrolysis) is 1. The summed E-state index contributed by atoms with van der Waals surface area (Å²) in [5.41, 5.74) is 5.06. The number of amides is 1. The molecule has 0 unspecified atom stereocenters. The smallest absolute Gasteiger partial charge is 0.406 e. The molecule has 5 nitrogen and oxygen atoms in total. The van der Waals surface area contributed by atoms with Gasteiger partial charge < -0.3 is 20.7 Å². The van der Waals surface area contributed by atoms with Gasteiger partial charge >= 0.3 is 6.09 Å². The number of ether oxygens (including phenoxy) is 1. The number of rotatable bonds is 3. The van der Waals surface area contributed by atoms with Gasteiger partial charge in [0.15, 0.2) is 0 Å². The quantitative estimate of drug-likeness (QED) is 0.825. The van der Waals surface area contributed by atoms with Crippen molar-refractivity contribution in [3.05, 3.63) is 0 Å². The number of methoxy groups -OCH3 is 1. The Labute approximate surface area is 118 Å². The number of nitrogens with two attached hydrogens (primary N) is 1. The third kappa shape index (κ3) is 6.78. The maximum absolute atomic E-state index is 10.2. The minimum atomic E-state index is -0.435. The zero-order chi connectivity index (χ0) is 13.9. The fourth-order valence-corrected chi connectivity index (χ4v) is 2.80. The largest absolute Gasteiger partial charge is 0.453 e. The normalized spacial score (nSPS) is 20.5. The Bertz CT molecular complexity index is 243. The summed E-state index contributed by atoms with van der Waals surface area (Å²) in [4.78, 5) is 12.9. The first-order valence-electron chi connectivity index (χ1n) is 7.54. The van der Waals surface area contributed by atoms with Crippen LogP contribution < -0.4 is 11.1 Å². The highest BCUT2D eigenvalue weighted by molar-refractivity contribution is 5.66. The molecule has 114 valence electrons. The lowest BCUT2D eigenvalue weighted by Crippen LogP contribution is -2.34. The van der Waals surface area contributed by atoms with E-state index in [1.165, 1.54) is 65.1 Å².